The highest BCUT2D eigenvalue weighted by Gasteiger charge is 2.16. The molecule has 6 heteroatoms. The molecule has 2 amide bonds. The van der Waals surface area contributed by atoms with E-state index in [0.717, 1.165) is 0 Å². The molecule has 0 saturated carbocycles. The Balaban J connectivity index is 2.06. The van der Waals surface area contributed by atoms with Gasteiger partial charge in [0.2, 0.25) is 0 Å². The van der Waals surface area contributed by atoms with Crippen molar-refractivity contribution in [1.82, 2.24) is 0 Å². The maximum atomic E-state index is 11.9. The lowest BCUT2D eigenvalue weighted by Crippen LogP contribution is -2.29. The first-order valence-electron chi connectivity index (χ1n) is 6.14. The van der Waals surface area contributed by atoms with Crippen molar-refractivity contribution in [2.24, 2.45) is 0 Å². The van der Waals surface area contributed by atoms with E-state index in [1.165, 1.54) is 18.2 Å². The van der Waals surface area contributed by atoms with Crippen LogP contribution in [0.3, 0.4) is 0 Å². The molecule has 2 aromatic carbocycles. The number of anilines is 2. The highest BCUT2D eigenvalue weighted by atomic mass is 79.9. The number of amides is 2. The van der Waals surface area contributed by atoms with Crippen molar-refractivity contribution >= 4 is 39.1 Å². The van der Waals surface area contributed by atoms with E-state index in [1.807, 2.05) is 0 Å². The molecule has 0 fully saturated rings. The van der Waals surface area contributed by atoms with Crippen molar-refractivity contribution in [1.29, 1.82) is 0 Å². The second-order valence-electron chi connectivity index (χ2n) is 4.39. The van der Waals surface area contributed by atoms with Gasteiger partial charge in [-0.25, -0.2) is 0 Å². The Morgan fingerprint density at radius 1 is 1.00 bits per heavy atom. The maximum absolute atomic E-state index is 11.9. The van der Waals surface area contributed by atoms with Crippen LogP contribution in [0.4, 0.5) is 11.4 Å². The van der Waals surface area contributed by atoms with Crippen LogP contribution >= 0.6 is 15.9 Å². The van der Waals surface area contributed by atoms with Gasteiger partial charge in [-0.3, -0.25) is 9.59 Å². The first kappa shape index (κ1) is 15.1. The number of hydrogen-bond acceptors (Lipinski definition) is 3. The number of hydrogen-bond donors (Lipinski definition) is 3. The molecule has 0 aliphatic heterocycles. The molecule has 0 aliphatic rings. The van der Waals surface area contributed by atoms with Crippen molar-refractivity contribution in [2.75, 3.05) is 10.6 Å². The molecule has 5 nitrogen and oxygen atoms in total. The molecule has 0 heterocycles. The second-order valence-corrected chi connectivity index (χ2v) is 5.24. The van der Waals surface area contributed by atoms with Crippen molar-refractivity contribution in [3.63, 3.8) is 0 Å². The summed E-state index contributed by atoms with van der Waals surface area (Å²) in [5.41, 5.74) is 1.65. The standard InChI is InChI=1S/C15H13BrN2O3/c1-9-8-10(19)6-7-12(9)17-14(20)15(21)18-13-5-3-2-4-11(13)16/h2-8,19H,1H3,(H,17,20)(H,18,21). The number of phenolic OH excluding ortho intramolecular Hbond substituents is 1. The zero-order chi connectivity index (χ0) is 15.4. The minimum atomic E-state index is -0.778. The highest BCUT2D eigenvalue weighted by Crippen LogP contribution is 2.22. The Morgan fingerprint density at radius 2 is 1.62 bits per heavy atom. The van der Waals surface area contributed by atoms with E-state index < -0.39 is 11.8 Å². The fourth-order valence-corrected chi connectivity index (χ4v) is 2.09. The molecule has 0 aromatic heterocycles. The van der Waals surface area contributed by atoms with Crippen LogP contribution in [0.15, 0.2) is 46.9 Å². The molecule has 0 radical (unpaired) electrons. The average molecular weight is 349 g/mol. The topological polar surface area (TPSA) is 78.4 Å². The Morgan fingerprint density at radius 3 is 2.24 bits per heavy atom. The largest absolute Gasteiger partial charge is 0.508 e. The number of benzene rings is 2. The summed E-state index contributed by atoms with van der Waals surface area (Å²) in [4.78, 5) is 23.7. The number of para-hydroxylation sites is 1. The summed E-state index contributed by atoms with van der Waals surface area (Å²) in [5.74, 6) is -1.45. The van der Waals surface area contributed by atoms with Crippen molar-refractivity contribution in [2.45, 2.75) is 6.92 Å². The number of nitrogens with one attached hydrogen (secondary N) is 2. The summed E-state index contributed by atoms with van der Waals surface area (Å²) in [6.45, 7) is 1.72. The van der Waals surface area contributed by atoms with Gasteiger partial charge in [-0.05, 0) is 58.7 Å². The Kier molecular flexibility index (Phi) is 4.59. The Labute approximate surface area is 130 Å². The van der Waals surface area contributed by atoms with Crippen LogP contribution in [0.25, 0.3) is 0 Å². The fourth-order valence-electron chi connectivity index (χ4n) is 1.71. The molecule has 21 heavy (non-hydrogen) atoms. The van der Waals surface area contributed by atoms with Gasteiger partial charge in [0, 0.05) is 10.2 Å². The molecular weight excluding hydrogens is 336 g/mol. The van der Waals surface area contributed by atoms with Crippen LogP contribution in [0.5, 0.6) is 5.75 Å². The molecule has 2 aromatic rings. The van der Waals surface area contributed by atoms with E-state index in [2.05, 4.69) is 26.6 Å². The van der Waals surface area contributed by atoms with Crippen LogP contribution in [0.2, 0.25) is 0 Å². The number of carbonyl (C=O) groups is 2. The molecule has 0 saturated heterocycles. The summed E-state index contributed by atoms with van der Waals surface area (Å²) < 4.78 is 0.687. The van der Waals surface area contributed by atoms with Gasteiger partial charge in [0.15, 0.2) is 0 Å². The van der Waals surface area contributed by atoms with Gasteiger partial charge in [-0.2, -0.15) is 0 Å². The van der Waals surface area contributed by atoms with E-state index in [-0.39, 0.29) is 5.75 Å². The van der Waals surface area contributed by atoms with E-state index in [9.17, 15) is 14.7 Å². The monoisotopic (exact) mass is 348 g/mol. The molecule has 0 spiro atoms. The van der Waals surface area contributed by atoms with Gasteiger partial charge >= 0.3 is 11.8 Å². The van der Waals surface area contributed by atoms with Crippen LogP contribution in [-0.2, 0) is 9.59 Å². The number of aryl methyl sites for hydroxylation is 1. The predicted octanol–water partition coefficient (Wildman–Crippen LogP) is 3.04. The molecule has 0 atom stereocenters. The Bertz CT molecular complexity index is 701. The lowest BCUT2D eigenvalue weighted by molar-refractivity contribution is -0.133. The van der Waals surface area contributed by atoms with Gasteiger partial charge in [-0.1, -0.05) is 12.1 Å². The molecule has 3 N–H and O–H groups in total. The molecule has 2 rings (SSSR count). The first-order valence-corrected chi connectivity index (χ1v) is 6.93. The third-order valence-electron chi connectivity index (χ3n) is 2.79. The second kappa shape index (κ2) is 6.41. The van der Waals surface area contributed by atoms with Crippen molar-refractivity contribution in [3.8, 4) is 5.75 Å². The summed E-state index contributed by atoms with van der Waals surface area (Å²) in [7, 11) is 0. The van der Waals surface area contributed by atoms with Gasteiger partial charge < -0.3 is 15.7 Å². The summed E-state index contributed by atoms with van der Waals surface area (Å²) in [6.07, 6.45) is 0. The Hall–Kier alpha value is -2.34. The normalized spacial score (nSPS) is 10.0. The zero-order valence-corrected chi connectivity index (χ0v) is 12.8. The van der Waals surface area contributed by atoms with E-state index >= 15 is 0 Å². The van der Waals surface area contributed by atoms with Crippen molar-refractivity contribution < 1.29 is 14.7 Å². The van der Waals surface area contributed by atoms with Gasteiger partial charge in [0.1, 0.15) is 5.75 Å². The zero-order valence-electron chi connectivity index (χ0n) is 11.2. The minimum absolute atomic E-state index is 0.100. The summed E-state index contributed by atoms with van der Waals surface area (Å²) >= 11 is 3.29. The number of phenols is 1. The minimum Gasteiger partial charge on any atom is -0.508 e. The molecule has 0 unspecified atom stereocenters. The van der Waals surface area contributed by atoms with E-state index in [4.69, 9.17) is 0 Å². The fraction of sp³-hybridized carbons (Fsp3) is 0.0667. The quantitative estimate of drug-likeness (QED) is 0.576. The number of carbonyl (C=O) groups excluding carboxylic acids is 2. The molecule has 0 aliphatic carbocycles. The van der Waals surface area contributed by atoms with Gasteiger partial charge in [0.05, 0.1) is 5.69 Å². The molecular formula is C15H13BrN2O3. The third-order valence-corrected chi connectivity index (χ3v) is 3.48. The van der Waals surface area contributed by atoms with Crippen LogP contribution in [0, 0.1) is 6.92 Å². The van der Waals surface area contributed by atoms with Gasteiger partial charge in [0.25, 0.3) is 0 Å². The lowest BCUT2D eigenvalue weighted by Gasteiger charge is -2.09. The van der Waals surface area contributed by atoms with Crippen LogP contribution in [0.1, 0.15) is 5.56 Å². The summed E-state index contributed by atoms with van der Waals surface area (Å²) in [5, 5.41) is 14.3. The van der Waals surface area contributed by atoms with E-state index in [0.29, 0.717) is 21.4 Å². The first-order chi connectivity index (χ1) is 9.97. The third kappa shape index (κ3) is 3.82. The SMILES string of the molecule is Cc1cc(O)ccc1NC(=O)C(=O)Nc1ccccc1Br. The number of aromatic hydroxyl groups is 1. The molecule has 108 valence electrons. The predicted molar refractivity (Wildman–Crippen MR) is 84.2 cm³/mol. The molecule has 0 bridgehead atoms. The summed E-state index contributed by atoms with van der Waals surface area (Å²) in [6, 6.07) is 11.5. The van der Waals surface area contributed by atoms with Crippen LogP contribution in [-0.4, -0.2) is 16.9 Å². The average Bonchev–Trinajstić information content (AvgIpc) is 2.44. The number of halogens is 1. The maximum Gasteiger partial charge on any atom is 0.314 e. The lowest BCUT2D eigenvalue weighted by atomic mass is 10.2. The number of rotatable bonds is 2. The highest BCUT2D eigenvalue weighted by molar-refractivity contribution is 9.10. The van der Waals surface area contributed by atoms with Gasteiger partial charge in [-0.15, -0.1) is 0 Å². The smallest absolute Gasteiger partial charge is 0.314 e. The van der Waals surface area contributed by atoms with Crippen LogP contribution < -0.4 is 10.6 Å². The van der Waals surface area contributed by atoms with E-state index in [1.54, 1.807) is 31.2 Å². The van der Waals surface area contributed by atoms with Crippen molar-refractivity contribution in [3.05, 3.63) is 52.5 Å².